The third-order valence-electron chi connectivity index (χ3n) is 5.07. The van der Waals surface area contributed by atoms with Gasteiger partial charge in [-0.3, -0.25) is 0 Å². The minimum absolute atomic E-state index is 0.0577. The van der Waals surface area contributed by atoms with Gasteiger partial charge in [0.25, 0.3) is 0 Å². The molecule has 1 heterocycles. The summed E-state index contributed by atoms with van der Waals surface area (Å²) in [4.78, 5) is 4.61. The third kappa shape index (κ3) is 2.26. The molecule has 4 heteroatoms. The SMILES string of the molecule is NC(c1nc2c(F)cccc2n1C1CC1)C1CCCCC1. The summed E-state index contributed by atoms with van der Waals surface area (Å²) in [5.74, 6) is 1.17. The highest BCUT2D eigenvalue weighted by Crippen LogP contribution is 2.42. The summed E-state index contributed by atoms with van der Waals surface area (Å²) in [6.45, 7) is 0. The Hall–Kier alpha value is -1.42. The zero-order chi connectivity index (χ0) is 14.4. The van der Waals surface area contributed by atoms with E-state index in [0.29, 0.717) is 17.5 Å². The van der Waals surface area contributed by atoms with Gasteiger partial charge < -0.3 is 10.3 Å². The second-order valence-electron chi connectivity index (χ2n) is 6.60. The molecule has 1 atom stereocenters. The number of halogens is 1. The summed E-state index contributed by atoms with van der Waals surface area (Å²) >= 11 is 0. The first-order valence-corrected chi connectivity index (χ1v) is 8.17. The molecule has 0 bridgehead atoms. The predicted octanol–water partition coefficient (Wildman–Crippen LogP) is 4.09. The van der Waals surface area contributed by atoms with Crippen LogP contribution in [0.1, 0.15) is 62.9 Å². The zero-order valence-corrected chi connectivity index (χ0v) is 12.3. The van der Waals surface area contributed by atoms with Crippen molar-refractivity contribution in [1.82, 2.24) is 9.55 Å². The van der Waals surface area contributed by atoms with E-state index in [-0.39, 0.29) is 11.9 Å². The summed E-state index contributed by atoms with van der Waals surface area (Å²) in [6, 6.07) is 5.65. The monoisotopic (exact) mass is 287 g/mol. The Labute approximate surface area is 124 Å². The average Bonchev–Trinajstić information content (AvgIpc) is 3.28. The van der Waals surface area contributed by atoms with Gasteiger partial charge >= 0.3 is 0 Å². The van der Waals surface area contributed by atoms with Crippen LogP contribution in [0.15, 0.2) is 18.2 Å². The Morgan fingerprint density at radius 1 is 1.14 bits per heavy atom. The minimum atomic E-state index is -0.232. The highest BCUT2D eigenvalue weighted by Gasteiger charge is 2.33. The van der Waals surface area contributed by atoms with Gasteiger partial charge in [-0.25, -0.2) is 9.37 Å². The van der Waals surface area contributed by atoms with Gasteiger partial charge in [0.2, 0.25) is 0 Å². The molecule has 0 saturated heterocycles. The second kappa shape index (κ2) is 5.09. The molecule has 1 aromatic heterocycles. The molecule has 3 nitrogen and oxygen atoms in total. The maximum Gasteiger partial charge on any atom is 0.151 e. The van der Waals surface area contributed by atoms with Crippen molar-refractivity contribution in [2.24, 2.45) is 11.7 Å². The van der Waals surface area contributed by atoms with Crippen molar-refractivity contribution in [1.29, 1.82) is 0 Å². The maximum atomic E-state index is 14.1. The van der Waals surface area contributed by atoms with Crippen LogP contribution >= 0.6 is 0 Å². The molecule has 2 aromatic rings. The minimum Gasteiger partial charge on any atom is -0.323 e. The third-order valence-corrected chi connectivity index (χ3v) is 5.07. The van der Waals surface area contributed by atoms with Crippen LogP contribution in [-0.4, -0.2) is 9.55 Å². The largest absolute Gasteiger partial charge is 0.323 e. The van der Waals surface area contributed by atoms with E-state index < -0.39 is 0 Å². The van der Waals surface area contributed by atoms with Crippen molar-refractivity contribution in [3.05, 3.63) is 29.8 Å². The maximum absolute atomic E-state index is 14.1. The molecule has 4 rings (SSSR count). The van der Waals surface area contributed by atoms with Crippen LogP contribution in [0.3, 0.4) is 0 Å². The van der Waals surface area contributed by atoms with Gasteiger partial charge in [0.1, 0.15) is 11.3 Å². The molecule has 2 saturated carbocycles. The molecule has 2 aliphatic rings. The van der Waals surface area contributed by atoms with Gasteiger partial charge in [0, 0.05) is 6.04 Å². The highest BCUT2D eigenvalue weighted by atomic mass is 19.1. The molecule has 0 aliphatic heterocycles. The fourth-order valence-electron chi connectivity index (χ4n) is 3.76. The standard InChI is InChI=1S/C17H22FN3/c18-13-7-4-8-14-16(13)20-17(21(14)12-9-10-12)15(19)11-5-2-1-3-6-11/h4,7-8,11-12,15H,1-3,5-6,9-10,19H2. The van der Waals surface area contributed by atoms with Crippen LogP contribution in [0.5, 0.6) is 0 Å². The Bertz CT molecular complexity index is 653. The number of aromatic nitrogens is 2. The predicted molar refractivity (Wildman–Crippen MR) is 81.5 cm³/mol. The molecule has 2 fully saturated rings. The Morgan fingerprint density at radius 3 is 2.62 bits per heavy atom. The number of nitrogens with two attached hydrogens (primary N) is 1. The van der Waals surface area contributed by atoms with E-state index in [1.54, 1.807) is 6.07 Å². The first kappa shape index (κ1) is 13.3. The van der Waals surface area contributed by atoms with E-state index in [2.05, 4.69) is 9.55 Å². The number of hydrogen-bond donors (Lipinski definition) is 1. The lowest BCUT2D eigenvalue weighted by Crippen LogP contribution is -2.26. The van der Waals surface area contributed by atoms with Crippen molar-refractivity contribution in [3.8, 4) is 0 Å². The summed E-state index contributed by atoms with van der Waals surface area (Å²) in [7, 11) is 0. The zero-order valence-electron chi connectivity index (χ0n) is 12.3. The Morgan fingerprint density at radius 2 is 1.90 bits per heavy atom. The molecule has 1 aromatic carbocycles. The summed E-state index contributed by atoms with van der Waals surface area (Å²) in [5, 5.41) is 0. The van der Waals surface area contributed by atoms with Crippen LogP contribution in [0, 0.1) is 11.7 Å². The number of benzene rings is 1. The molecule has 112 valence electrons. The van der Waals surface area contributed by atoms with Gasteiger partial charge in [0.15, 0.2) is 5.82 Å². The van der Waals surface area contributed by atoms with Crippen LogP contribution in [0.4, 0.5) is 4.39 Å². The summed E-state index contributed by atoms with van der Waals surface area (Å²) in [6.07, 6.45) is 8.51. The molecule has 1 unspecified atom stereocenters. The molecule has 2 aliphatic carbocycles. The lowest BCUT2D eigenvalue weighted by Gasteiger charge is -2.27. The first-order chi connectivity index (χ1) is 10.3. The van der Waals surface area contributed by atoms with Gasteiger partial charge in [-0.15, -0.1) is 0 Å². The van der Waals surface area contributed by atoms with Crippen LogP contribution < -0.4 is 5.73 Å². The molecular formula is C17H22FN3. The summed E-state index contributed by atoms with van der Waals surface area (Å²) < 4.78 is 16.3. The number of imidazole rings is 1. The number of rotatable bonds is 3. The van der Waals surface area contributed by atoms with Gasteiger partial charge in [-0.05, 0) is 43.7 Å². The Balaban J connectivity index is 1.79. The van der Waals surface area contributed by atoms with E-state index >= 15 is 0 Å². The fourth-order valence-corrected chi connectivity index (χ4v) is 3.76. The fraction of sp³-hybridized carbons (Fsp3) is 0.588. The average molecular weight is 287 g/mol. The number of hydrogen-bond acceptors (Lipinski definition) is 2. The molecule has 0 spiro atoms. The van der Waals surface area contributed by atoms with Crippen molar-refractivity contribution < 1.29 is 4.39 Å². The van der Waals surface area contributed by atoms with Gasteiger partial charge in [0.05, 0.1) is 11.6 Å². The normalized spacial score (nSPS) is 21.8. The van der Waals surface area contributed by atoms with Crippen LogP contribution in [-0.2, 0) is 0 Å². The van der Waals surface area contributed by atoms with Crippen molar-refractivity contribution in [2.75, 3.05) is 0 Å². The molecule has 0 radical (unpaired) electrons. The van der Waals surface area contributed by atoms with E-state index in [0.717, 1.165) is 24.2 Å². The van der Waals surface area contributed by atoms with Crippen molar-refractivity contribution >= 4 is 11.0 Å². The molecule has 2 N–H and O–H groups in total. The van der Waals surface area contributed by atoms with Gasteiger partial charge in [-0.1, -0.05) is 25.3 Å². The van der Waals surface area contributed by atoms with E-state index in [1.807, 2.05) is 6.07 Å². The van der Waals surface area contributed by atoms with Gasteiger partial charge in [-0.2, -0.15) is 0 Å². The first-order valence-electron chi connectivity index (χ1n) is 8.17. The molecule has 21 heavy (non-hydrogen) atoms. The number of nitrogens with zero attached hydrogens (tertiary/aromatic N) is 2. The van der Waals surface area contributed by atoms with Crippen LogP contribution in [0.25, 0.3) is 11.0 Å². The Kier molecular flexibility index (Phi) is 3.21. The quantitative estimate of drug-likeness (QED) is 0.924. The van der Waals surface area contributed by atoms with Crippen molar-refractivity contribution in [2.45, 2.75) is 57.0 Å². The number of fused-ring (bicyclic) bond motifs is 1. The molecule has 0 amide bonds. The summed E-state index contributed by atoms with van der Waals surface area (Å²) in [5.41, 5.74) is 7.95. The highest BCUT2D eigenvalue weighted by molar-refractivity contribution is 5.77. The topological polar surface area (TPSA) is 43.8 Å². The van der Waals surface area contributed by atoms with E-state index in [1.165, 1.54) is 38.2 Å². The smallest absolute Gasteiger partial charge is 0.151 e. The lowest BCUT2D eigenvalue weighted by molar-refractivity contribution is 0.296. The second-order valence-corrected chi connectivity index (χ2v) is 6.60. The van der Waals surface area contributed by atoms with E-state index in [9.17, 15) is 4.39 Å². The molecular weight excluding hydrogens is 265 g/mol. The lowest BCUT2D eigenvalue weighted by atomic mass is 9.84. The van der Waals surface area contributed by atoms with Crippen molar-refractivity contribution in [3.63, 3.8) is 0 Å². The van der Waals surface area contributed by atoms with Crippen LogP contribution in [0.2, 0.25) is 0 Å². The van der Waals surface area contributed by atoms with E-state index in [4.69, 9.17) is 5.73 Å². The number of para-hydroxylation sites is 1.